The fourth-order valence-corrected chi connectivity index (χ4v) is 2.89. The van der Waals surface area contributed by atoms with Crippen LogP contribution in [0.25, 0.3) is 0 Å². The summed E-state index contributed by atoms with van der Waals surface area (Å²) in [5, 5.41) is 13.9. The van der Waals surface area contributed by atoms with E-state index in [0.29, 0.717) is 15.6 Å². The van der Waals surface area contributed by atoms with Gasteiger partial charge in [-0.2, -0.15) is 0 Å². The van der Waals surface area contributed by atoms with Crippen LogP contribution in [0, 0.1) is 0 Å². The summed E-state index contributed by atoms with van der Waals surface area (Å²) in [5.74, 6) is 0. The summed E-state index contributed by atoms with van der Waals surface area (Å²) in [6.07, 6.45) is 0. The Morgan fingerprint density at radius 2 is 1.74 bits per heavy atom. The number of rotatable bonds is 4. The third kappa shape index (κ3) is 3.63. The zero-order chi connectivity index (χ0) is 13.8. The highest BCUT2D eigenvalue weighted by Gasteiger charge is 2.17. The topological polar surface area (TPSA) is 32.3 Å². The third-order valence-corrected chi connectivity index (χ3v) is 3.85. The highest BCUT2D eigenvalue weighted by molar-refractivity contribution is 9.10. The number of halogens is 3. The van der Waals surface area contributed by atoms with Crippen molar-refractivity contribution in [3.05, 3.63) is 62.5 Å². The number of nitrogens with one attached hydrogen (secondary N) is 1. The highest BCUT2D eigenvalue weighted by atomic mass is 79.9. The van der Waals surface area contributed by atoms with Gasteiger partial charge in [-0.25, -0.2) is 0 Å². The van der Waals surface area contributed by atoms with Gasteiger partial charge < -0.3 is 10.4 Å². The van der Waals surface area contributed by atoms with E-state index in [1.165, 1.54) is 0 Å². The summed E-state index contributed by atoms with van der Waals surface area (Å²) in [4.78, 5) is 0. The van der Waals surface area contributed by atoms with E-state index < -0.39 is 0 Å². The maximum atomic E-state index is 9.57. The number of aliphatic hydroxyl groups excluding tert-OH is 1. The van der Waals surface area contributed by atoms with Crippen LogP contribution in [0.5, 0.6) is 0 Å². The monoisotopic (exact) mass is 359 g/mol. The molecule has 0 saturated heterocycles. The van der Waals surface area contributed by atoms with Crippen molar-refractivity contribution >= 4 is 44.8 Å². The first-order valence-electron chi connectivity index (χ1n) is 5.68. The first-order chi connectivity index (χ1) is 9.11. The van der Waals surface area contributed by atoms with Gasteiger partial charge in [0.2, 0.25) is 0 Å². The molecule has 0 aliphatic rings. The fraction of sp³-hybridized carbons (Fsp3) is 0.143. The van der Waals surface area contributed by atoms with E-state index in [4.69, 9.17) is 23.2 Å². The first kappa shape index (κ1) is 14.7. The minimum absolute atomic E-state index is 0.101. The van der Waals surface area contributed by atoms with E-state index in [1.807, 2.05) is 24.3 Å². The summed E-state index contributed by atoms with van der Waals surface area (Å²) in [5.41, 5.74) is 1.58. The number of benzene rings is 2. The van der Waals surface area contributed by atoms with Gasteiger partial charge in [-0.1, -0.05) is 51.3 Å². The third-order valence-electron chi connectivity index (χ3n) is 2.70. The standard InChI is InChI=1S/C14H12BrCl2NO/c15-9-3-1-4-10(7-9)18-13(8-19)14-11(16)5-2-6-12(14)17/h1-7,13,18-19H,8H2. The van der Waals surface area contributed by atoms with Crippen LogP contribution in [0.2, 0.25) is 10.0 Å². The minimum Gasteiger partial charge on any atom is -0.394 e. The van der Waals surface area contributed by atoms with Crippen molar-refractivity contribution in [3.63, 3.8) is 0 Å². The second-order valence-electron chi connectivity index (χ2n) is 4.03. The molecule has 2 nitrogen and oxygen atoms in total. The molecule has 2 N–H and O–H groups in total. The van der Waals surface area contributed by atoms with Gasteiger partial charge >= 0.3 is 0 Å². The lowest BCUT2D eigenvalue weighted by atomic mass is 10.1. The van der Waals surface area contributed by atoms with Gasteiger partial charge in [0.1, 0.15) is 0 Å². The Labute approximate surface area is 130 Å². The van der Waals surface area contributed by atoms with Crippen molar-refractivity contribution in [2.24, 2.45) is 0 Å². The molecule has 0 spiro atoms. The average molecular weight is 361 g/mol. The lowest BCUT2D eigenvalue weighted by Crippen LogP contribution is -2.15. The molecule has 0 fully saturated rings. The van der Waals surface area contributed by atoms with E-state index in [1.54, 1.807) is 18.2 Å². The molecule has 5 heteroatoms. The van der Waals surface area contributed by atoms with Crippen LogP contribution in [0.3, 0.4) is 0 Å². The summed E-state index contributed by atoms with van der Waals surface area (Å²) < 4.78 is 0.958. The Bertz CT molecular complexity index is 557. The van der Waals surface area contributed by atoms with E-state index in [9.17, 15) is 5.11 Å². The van der Waals surface area contributed by atoms with Gasteiger partial charge in [0.25, 0.3) is 0 Å². The van der Waals surface area contributed by atoms with Crippen LogP contribution < -0.4 is 5.32 Å². The Morgan fingerprint density at radius 1 is 1.11 bits per heavy atom. The average Bonchev–Trinajstić information content (AvgIpc) is 2.37. The lowest BCUT2D eigenvalue weighted by molar-refractivity contribution is 0.276. The molecule has 19 heavy (non-hydrogen) atoms. The fourth-order valence-electron chi connectivity index (χ4n) is 1.83. The van der Waals surface area contributed by atoms with E-state index in [2.05, 4.69) is 21.2 Å². The predicted molar refractivity (Wildman–Crippen MR) is 84.1 cm³/mol. The van der Waals surface area contributed by atoms with Crippen molar-refractivity contribution in [1.82, 2.24) is 0 Å². The molecule has 2 aromatic carbocycles. The molecule has 0 amide bonds. The molecule has 0 radical (unpaired) electrons. The molecule has 2 aromatic rings. The molecule has 1 unspecified atom stereocenters. The summed E-state index contributed by atoms with van der Waals surface area (Å²) in [6, 6.07) is 12.6. The Kier molecular flexibility index (Phi) is 5.11. The zero-order valence-electron chi connectivity index (χ0n) is 9.91. The molecular weight excluding hydrogens is 349 g/mol. The quantitative estimate of drug-likeness (QED) is 0.812. The molecule has 0 heterocycles. The minimum atomic E-state index is -0.351. The second kappa shape index (κ2) is 6.62. The van der Waals surface area contributed by atoms with Crippen molar-refractivity contribution in [3.8, 4) is 0 Å². The maximum absolute atomic E-state index is 9.57. The van der Waals surface area contributed by atoms with Crippen LogP contribution in [0.4, 0.5) is 5.69 Å². The van der Waals surface area contributed by atoms with Crippen molar-refractivity contribution in [2.75, 3.05) is 11.9 Å². The number of hydrogen-bond acceptors (Lipinski definition) is 2. The smallest absolute Gasteiger partial charge is 0.0774 e. The summed E-state index contributed by atoms with van der Waals surface area (Å²) in [6.45, 7) is -0.101. The zero-order valence-corrected chi connectivity index (χ0v) is 13.0. The number of aliphatic hydroxyl groups is 1. The molecular formula is C14H12BrCl2NO. The van der Waals surface area contributed by atoms with Crippen molar-refractivity contribution in [2.45, 2.75) is 6.04 Å². The van der Waals surface area contributed by atoms with Crippen LogP contribution in [0.15, 0.2) is 46.9 Å². The predicted octanol–water partition coefficient (Wildman–Crippen LogP) is 4.90. The van der Waals surface area contributed by atoms with Crippen LogP contribution in [-0.4, -0.2) is 11.7 Å². The van der Waals surface area contributed by atoms with E-state index in [-0.39, 0.29) is 12.6 Å². The number of anilines is 1. The SMILES string of the molecule is OCC(Nc1cccc(Br)c1)c1c(Cl)cccc1Cl. The van der Waals surface area contributed by atoms with E-state index >= 15 is 0 Å². The first-order valence-corrected chi connectivity index (χ1v) is 7.23. The highest BCUT2D eigenvalue weighted by Crippen LogP contribution is 2.32. The largest absolute Gasteiger partial charge is 0.394 e. The number of hydrogen-bond donors (Lipinski definition) is 2. The van der Waals surface area contributed by atoms with Gasteiger partial charge in [-0.3, -0.25) is 0 Å². The van der Waals surface area contributed by atoms with Gasteiger partial charge in [0.15, 0.2) is 0 Å². The van der Waals surface area contributed by atoms with Gasteiger partial charge in [-0.05, 0) is 30.3 Å². The van der Waals surface area contributed by atoms with Crippen LogP contribution in [-0.2, 0) is 0 Å². The summed E-state index contributed by atoms with van der Waals surface area (Å²) >= 11 is 15.7. The Morgan fingerprint density at radius 3 is 2.32 bits per heavy atom. The second-order valence-corrected chi connectivity index (χ2v) is 5.76. The molecule has 0 bridgehead atoms. The van der Waals surface area contributed by atoms with Gasteiger partial charge in [-0.15, -0.1) is 0 Å². The van der Waals surface area contributed by atoms with Crippen molar-refractivity contribution in [1.29, 1.82) is 0 Å². The lowest BCUT2D eigenvalue weighted by Gasteiger charge is -2.20. The molecule has 0 saturated carbocycles. The molecule has 100 valence electrons. The Hall–Kier alpha value is -0.740. The molecule has 0 aliphatic heterocycles. The summed E-state index contributed by atoms with van der Waals surface area (Å²) in [7, 11) is 0. The van der Waals surface area contributed by atoms with Crippen molar-refractivity contribution < 1.29 is 5.11 Å². The normalized spacial score (nSPS) is 12.2. The maximum Gasteiger partial charge on any atom is 0.0774 e. The van der Waals surface area contributed by atoms with Gasteiger partial charge in [0.05, 0.1) is 12.6 Å². The van der Waals surface area contributed by atoms with E-state index in [0.717, 1.165) is 10.2 Å². The Balaban J connectivity index is 2.30. The molecule has 1 atom stereocenters. The van der Waals surface area contributed by atoms with Crippen LogP contribution >= 0.6 is 39.1 Å². The molecule has 0 aliphatic carbocycles. The van der Waals surface area contributed by atoms with Crippen LogP contribution in [0.1, 0.15) is 11.6 Å². The molecule has 0 aromatic heterocycles. The van der Waals surface area contributed by atoms with Gasteiger partial charge in [0, 0.05) is 25.8 Å². The molecule has 2 rings (SSSR count).